The molecular weight excluding hydrogens is 156 g/mol. The molecule has 0 saturated heterocycles. The van der Waals surface area contributed by atoms with Gasteiger partial charge in [0, 0.05) is 0 Å². The molecule has 0 aliphatic heterocycles. The summed E-state index contributed by atoms with van der Waals surface area (Å²) >= 11 is 0.882. The number of rotatable bonds is 1. The van der Waals surface area contributed by atoms with Crippen molar-refractivity contribution in [3.05, 3.63) is 22.4 Å². The Morgan fingerprint density at radius 3 is 2.70 bits per heavy atom. The van der Waals surface area contributed by atoms with Gasteiger partial charge in [-0.1, -0.05) is 6.07 Å². The molecule has 0 saturated carbocycles. The monoisotopic (exact) mass is 159 g/mol. The smallest absolute Gasteiger partial charge is 0.191 e. The second-order valence-corrected chi connectivity index (χ2v) is 2.61. The Bertz CT molecular complexity index is 247. The van der Waals surface area contributed by atoms with E-state index in [2.05, 4.69) is 0 Å². The van der Waals surface area contributed by atoms with Crippen LogP contribution in [0.15, 0.2) is 17.5 Å². The largest absolute Gasteiger partial charge is 0.366 e. The molecule has 0 fully saturated rings. The number of hydrogen-bond acceptors (Lipinski definition) is 2. The average Bonchev–Trinajstić information content (AvgIpc) is 2.38. The van der Waals surface area contributed by atoms with Crippen LogP contribution in [-0.4, -0.2) is 0 Å². The van der Waals surface area contributed by atoms with Crippen molar-refractivity contribution in [2.45, 2.75) is 5.92 Å². The molecule has 0 radical (unpaired) electrons. The molecule has 1 aromatic rings. The number of hydrogen-bond donors (Lipinski definition) is 0. The Labute approximate surface area is 60.5 Å². The lowest BCUT2D eigenvalue weighted by atomic mass is 10.3. The van der Waals surface area contributed by atoms with Gasteiger partial charge in [-0.3, -0.25) is 0 Å². The van der Waals surface area contributed by atoms with Crippen LogP contribution in [0.5, 0.6) is 0 Å². The second-order valence-electron chi connectivity index (χ2n) is 1.66. The molecule has 0 spiro atoms. The molecule has 10 heavy (non-hydrogen) atoms. The van der Waals surface area contributed by atoms with Crippen molar-refractivity contribution in [1.29, 1.82) is 5.26 Å². The van der Waals surface area contributed by atoms with Crippen molar-refractivity contribution in [2.75, 3.05) is 0 Å². The standard InChI is InChI=1S/C6H3F2NS/c7-6(8,4-9)5-2-1-3-10-5/h1-3H. The Hall–Kier alpha value is -0.950. The van der Waals surface area contributed by atoms with Gasteiger partial charge in [0.05, 0.1) is 4.88 Å². The lowest BCUT2D eigenvalue weighted by molar-refractivity contribution is 0.0655. The number of nitrogens with zero attached hydrogens (tertiary/aromatic N) is 1. The fraction of sp³-hybridized carbons (Fsp3) is 0.167. The Kier molecular flexibility index (Phi) is 1.68. The summed E-state index contributed by atoms with van der Waals surface area (Å²) in [4.78, 5) is -0.199. The lowest BCUT2D eigenvalue weighted by Crippen LogP contribution is -2.06. The van der Waals surface area contributed by atoms with Crippen LogP contribution in [0.2, 0.25) is 0 Å². The Balaban J connectivity index is 2.99. The molecule has 1 nitrogen and oxygen atoms in total. The van der Waals surface area contributed by atoms with E-state index in [0.717, 1.165) is 17.4 Å². The lowest BCUT2D eigenvalue weighted by Gasteiger charge is -2.01. The van der Waals surface area contributed by atoms with Gasteiger partial charge in [0.15, 0.2) is 0 Å². The minimum absolute atomic E-state index is 0.199. The van der Waals surface area contributed by atoms with Crippen LogP contribution < -0.4 is 0 Å². The first-order valence-corrected chi connectivity index (χ1v) is 3.38. The van der Waals surface area contributed by atoms with Crippen molar-refractivity contribution in [3.8, 4) is 6.07 Å². The summed E-state index contributed by atoms with van der Waals surface area (Å²) in [6.45, 7) is 0. The minimum Gasteiger partial charge on any atom is -0.191 e. The molecule has 0 aromatic carbocycles. The van der Waals surface area contributed by atoms with Crippen molar-refractivity contribution >= 4 is 11.3 Å². The van der Waals surface area contributed by atoms with Gasteiger partial charge in [0.2, 0.25) is 0 Å². The van der Waals surface area contributed by atoms with Crippen molar-refractivity contribution < 1.29 is 8.78 Å². The van der Waals surface area contributed by atoms with Gasteiger partial charge in [-0.05, 0) is 11.4 Å². The topological polar surface area (TPSA) is 23.8 Å². The SMILES string of the molecule is N#CC(F)(F)c1cccs1. The fourth-order valence-electron chi connectivity index (χ4n) is 0.512. The van der Waals surface area contributed by atoms with Crippen molar-refractivity contribution in [3.63, 3.8) is 0 Å². The van der Waals surface area contributed by atoms with E-state index < -0.39 is 5.92 Å². The van der Waals surface area contributed by atoms with E-state index in [-0.39, 0.29) is 4.88 Å². The molecule has 0 aliphatic carbocycles. The fourth-order valence-corrected chi connectivity index (χ4v) is 1.17. The van der Waals surface area contributed by atoms with Crippen LogP contribution in [0.3, 0.4) is 0 Å². The van der Waals surface area contributed by atoms with Crippen molar-refractivity contribution in [1.82, 2.24) is 0 Å². The number of halogens is 2. The first-order chi connectivity index (χ1) is 4.67. The van der Waals surface area contributed by atoms with E-state index in [0.29, 0.717) is 0 Å². The predicted molar refractivity (Wildman–Crippen MR) is 33.8 cm³/mol. The van der Waals surface area contributed by atoms with Crippen LogP contribution in [0.1, 0.15) is 4.88 Å². The highest BCUT2D eigenvalue weighted by molar-refractivity contribution is 7.10. The number of thiophene rings is 1. The molecule has 4 heteroatoms. The van der Waals surface area contributed by atoms with Gasteiger partial charge < -0.3 is 0 Å². The molecule has 0 bridgehead atoms. The normalized spacial score (nSPS) is 10.9. The zero-order valence-corrected chi connectivity index (χ0v) is 5.66. The molecule has 1 heterocycles. The Morgan fingerprint density at radius 1 is 1.60 bits per heavy atom. The molecule has 0 unspecified atom stereocenters. The van der Waals surface area contributed by atoms with Gasteiger partial charge >= 0.3 is 5.92 Å². The zero-order valence-electron chi connectivity index (χ0n) is 4.84. The van der Waals surface area contributed by atoms with Crippen LogP contribution >= 0.6 is 11.3 Å². The van der Waals surface area contributed by atoms with Crippen molar-refractivity contribution in [2.24, 2.45) is 0 Å². The summed E-state index contributed by atoms with van der Waals surface area (Å²) in [5, 5.41) is 9.49. The molecule has 0 atom stereocenters. The molecule has 1 rings (SSSR count). The van der Waals surface area contributed by atoms with E-state index in [1.807, 2.05) is 0 Å². The zero-order chi connectivity index (χ0) is 7.61. The van der Waals surface area contributed by atoms with Crippen LogP contribution in [-0.2, 0) is 5.92 Å². The van der Waals surface area contributed by atoms with Crippen LogP contribution in [0.4, 0.5) is 8.78 Å². The first kappa shape index (κ1) is 7.16. The van der Waals surface area contributed by atoms with E-state index in [1.165, 1.54) is 17.5 Å². The van der Waals surface area contributed by atoms with E-state index in [9.17, 15) is 8.78 Å². The van der Waals surface area contributed by atoms with E-state index >= 15 is 0 Å². The minimum atomic E-state index is -3.31. The molecule has 0 aliphatic rings. The predicted octanol–water partition coefficient (Wildman–Crippen LogP) is 2.36. The number of alkyl halides is 2. The van der Waals surface area contributed by atoms with Gasteiger partial charge in [-0.2, -0.15) is 14.0 Å². The van der Waals surface area contributed by atoms with E-state index in [4.69, 9.17) is 5.26 Å². The Morgan fingerprint density at radius 2 is 2.30 bits per heavy atom. The maximum Gasteiger partial charge on any atom is 0.366 e. The summed E-state index contributed by atoms with van der Waals surface area (Å²) in [6.07, 6.45) is 0. The second kappa shape index (κ2) is 2.35. The molecule has 52 valence electrons. The molecular formula is C6H3F2NS. The number of nitriles is 1. The third kappa shape index (κ3) is 1.14. The summed E-state index contributed by atoms with van der Waals surface area (Å²) in [5.41, 5.74) is 0. The molecule has 1 aromatic heterocycles. The average molecular weight is 159 g/mol. The molecule has 0 N–H and O–H groups in total. The summed E-state index contributed by atoms with van der Waals surface area (Å²) in [7, 11) is 0. The van der Waals surface area contributed by atoms with Crippen LogP contribution in [0.25, 0.3) is 0 Å². The highest BCUT2D eigenvalue weighted by atomic mass is 32.1. The summed E-state index contributed by atoms with van der Waals surface area (Å²) in [5.74, 6) is -3.31. The third-order valence-electron chi connectivity index (χ3n) is 0.971. The van der Waals surface area contributed by atoms with Gasteiger partial charge in [0.1, 0.15) is 6.07 Å². The summed E-state index contributed by atoms with van der Waals surface area (Å²) < 4.78 is 24.7. The van der Waals surface area contributed by atoms with Gasteiger partial charge in [0.25, 0.3) is 0 Å². The highest BCUT2D eigenvalue weighted by Gasteiger charge is 2.31. The summed E-state index contributed by atoms with van der Waals surface area (Å²) in [6, 6.07) is 3.66. The third-order valence-corrected chi connectivity index (χ3v) is 1.91. The van der Waals surface area contributed by atoms with Gasteiger partial charge in [-0.15, -0.1) is 11.3 Å². The maximum atomic E-state index is 12.4. The van der Waals surface area contributed by atoms with Crippen LogP contribution in [0, 0.1) is 11.3 Å². The first-order valence-electron chi connectivity index (χ1n) is 2.50. The van der Waals surface area contributed by atoms with Gasteiger partial charge in [-0.25, -0.2) is 0 Å². The quantitative estimate of drug-likeness (QED) is 0.617. The molecule has 0 amide bonds. The van der Waals surface area contributed by atoms with E-state index in [1.54, 1.807) is 0 Å². The maximum absolute atomic E-state index is 12.4. The highest BCUT2D eigenvalue weighted by Crippen LogP contribution is 2.30.